The van der Waals surface area contributed by atoms with Gasteiger partial charge >= 0.3 is 0 Å². The Labute approximate surface area is 173 Å². The molecule has 2 N–H and O–H groups in total. The van der Waals surface area contributed by atoms with Crippen molar-refractivity contribution in [3.05, 3.63) is 52.2 Å². The Bertz CT molecular complexity index is 724. The molecule has 1 aliphatic rings. The molecule has 1 saturated heterocycles. The molecule has 4 nitrogen and oxygen atoms in total. The summed E-state index contributed by atoms with van der Waals surface area (Å²) in [5.41, 5.74) is 0.450. The largest absolute Gasteiger partial charge is 0.367 e. The third kappa shape index (κ3) is 5.54. The molecular weight excluding hydrogens is 469 g/mol. The number of benzene rings is 1. The minimum atomic E-state index is -0.551. The number of hydrogen-bond donors (Lipinski definition) is 2. The summed E-state index contributed by atoms with van der Waals surface area (Å²) in [7, 11) is 0. The van der Waals surface area contributed by atoms with Crippen LogP contribution >= 0.6 is 35.3 Å². The van der Waals surface area contributed by atoms with E-state index in [0.29, 0.717) is 18.8 Å². The van der Waals surface area contributed by atoms with Crippen LogP contribution < -0.4 is 15.5 Å². The number of nitrogens with zero attached hydrogens (tertiary/aromatic N) is 2. The van der Waals surface area contributed by atoms with Crippen molar-refractivity contribution in [2.45, 2.75) is 25.9 Å². The summed E-state index contributed by atoms with van der Waals surface area (Å²) >= 11 is 1.68. The van der Waals surface area contributed by atoms with Crippen molar-refractivity contribution in [2.24, 2.45) is 4.99 Å². The van der Waals surface area contributed by atoms with Crippen molar-refractivity contribution >= 4 is 47.0 Å². The maximum Gasteiger partial charge on any atom is 0.191 e. The quantitative estimate of drug-likeness (QED) is 0.377. The van der Waals surface area contributed by atoms with Crippen molar-refractivity contribution in [2.75, 3.05) is 24.5 Å². The summed E-state index contributed by atoms with van der Waals surface area (Å²) in [5.74, 6) is -0.300. The van der Waals surface area contributed by atoms with Gasteiger partial charge in [-0.1, -0.05) is 6.07 Å². The van der Waals surface area contributed by atoms with E-state index < -0.39 is 11.6 Å². The predicted octanol–water partition coefficient (Wildman–Crippen LogP) is 3.98. The molecule has 0 aliphatic carbocycles. The Morgan fingerprint density at radius 3 is 2.88 bits per heavy atom. The fraction of sp³-hybridized carbons (Fsp3) is 0.389. The minimum Gasteiger partial charge on any atom is -0.367 e. The van der Waals surface area contributed by atoms with Gasteiger partial charge in [0.2, 0.25) is 0 Å². The van der Waals surface area contributed by atoms with E-state index in [0.717, 1.165) is 31.5 Å². The summed E-state index contributed by atoms with van der Waals surface area (Å²) in [4.78, 5) is 7.76. The van der Waals surface area contributed by atoms with Gasteiger partial charge in [-0.3, -0.25) is 0 Å². The summed E-state index contributed by atoms with van der Waals surface area (Å²) in [6, 6.07) is 7.98. The van der Waals surface area contributed by atoms with Gasteiger partial charge < -0.3 is 15.5 Å². The van der Waals surface area contributed by atoms with Crippen LogP contribution in [0.5, 0.6) is 0 Å². The maximum atomic E-state index is 14.0. The third-order valence-electron chi connectivity index (χ3n) is 4.10. The van der Waals surface area contributed by atoms with Crippen LogP contribution in [0.15, 0.2) is 40.7 Å². The highest BCUT2D eigenvalue weighted by molar-refractivity contribution is 14.0. The van der Waals surface area contributed by atoms with E-state index in [4.69, 9.17) is 0 Å². The lowest BCUT2D eigenvalue weighted by Crippen LogP contribution is -2.44. The van der Waals surface area contributed by atoms with Gasteiger partial charge in [-0.05, 0) is 36.9 Å². The van der Waals surface area contributed by atoms with E-state index in [-0.39, 0.29) is 30.0 Å². The average molecular weight is 492 g/mol. The van der Waals surface area contributed by atoms with Gasteiger partial charge in [0.05, 0.1) is 12.2 Å². The van der Waals surface area contributed by atoms with E-state index in [1.54, 1.807) is 11.3 Å². The second kappa shape index (κ2) is 10.1. The van der Waals surface area contributed by atoms with Crippen LogP contribution in [0, 0.1) is 11.6 Å². The summed E-state index contributed by atoms with van der Waals surface area (Å²) < 4.78 is 27.0. The van der Waals surface area contributed by atoms with E-state index in [1.807, 2.05) is 23.3 Å². The smallest absolute Gasteiger partial charge is 0.191 e. The normalized spacial score (nSPS) is 17.1. The fourth-order valence-electron chi connectivity index (χ4n) is 2.91. The molecule has 1 aromatic heterocycles. The lowest BCUT2D eigenvalue weighted by Gasteiger charge is -2.21. The van der Waals surface area contributed by atoms with E-state index in [2.05, 4.69) is 21.7 Å². The SMILES string of the molecule is CCNC(=NCc1cccs1)NC1CCN(c2ccc(F)cc2F)C1.I. The summed E-state index contributed by atoms with van der Waals surface area (Å²) in [5, 5.41) is 8.70. The molecule has 3 rings (SSSR count). The Kier molecular flexibility index (Phi) is 8.08. The highest BCUT2D eigenvalue weighted by Gasteiger charge is 2.25. The average Bonchev–Trinajstić information content (AvgIpc) is 3.24. The first kappa shape index (κ1) is 20.9. The molecular formula is C18H23F2IN4S. The van der Waals surface area contributed by atoms with E-state index >= 15 is 0 Å². The lowest BCUT2D eigenvalue weighted by atomic mass is 10.2. The van der Waals surface area contributed by atoms with Crippen LogP contribution in [-0.2, 0) is 6.54 Å². The number of hydrogen-bond acceptors (Lipinski definition) is 3. The monoisotopic (exact) mass is 492 g/mol. The zero-order valence-corrected chi connectivity index (χ0v) is 17.7. The first-order valence-corrected chi connectivity index (χ1v) is 9.31. The van der Waals surface area contributed by atoms with Gasteiger partial charge in [-0.2, -0.15) is 0 Å². The molecule has 0 bridgehead atoms. The number of anilines is 1. The Morgan fingerprint density at radius 1 is 1.35 bits per heavy atom. The molecule has 2 aromatic rings. The summed E-state index contributed by atoms with van der Waals surface area (Å²) in [6.07, 6.45) is 0.875. The second-order valence-corrected chi connectivity index (χ2v) is 6.98. The molecule has 0 saturated carbocycles. The molecule has 1 aliphatic heterocycles. The Hall–Kier alpha value is -1.42. The van der Waals surface area contributed by atoms with Gasteiger partial charge in [0.25, 0.3) is 0 Å². The Balaban J connectivity index is 0.00000243. The van der Waals surface area contributed by atoms with Crippen LogP contribution in [0.25, 0.3) is 0 Å². The van der Waals surface area contributed by atoms with Gasteiger partial charge in [0.15, 0.2) is 5.96 Å². The molecule has 1 atom stereocenters. The molecule has 26 heavy (non-hydrogen) atoms. The van der Waals surface area contributed by atoms with Crippen molar-refractivity contribution in [1.82, 2.24) is 10.6 Å². The van der Waals surface area contributed by atoms with Gasteiger partial charge in [-0.15, -0.1) is 35.3 Å². The third-order valence-corrected chi connectivity index (χ3v) is 4.96. The highest BCUT2D eigenvalue weighted by Crippen LogP contribution is 2.24. The standard InChI is InChI=1S/C18H22F2N4S.HI/c1-2-21-18(22-11-15-4-3-9-25-15)23-14-7-8-24(12-14)17-6-5-13(19)10-16(17)20;/h3-6,9-10,14H,2,7-8,11-12H2,1H3,(H2,21,22,23);1H. The van der Waals surface area contributed by atoms with E-state index in [9.17, 15) is 8.78 Å². The summed E-state index contributed by atoms with van der Waals surface area (Å²) in [6.45, 7) is 4.82. The second-order valence-electron chi connectivity index (χ2n) is 5.95. The zero-order valence-electron chi connectivity index (χ0n) is 14.5. The Morgan fingerprint density at radius 2 is 2.19 bits per heavy atom. The first-order valence-electron chi connectivity index (χ1n) is 8.43. The number of thiophene rings is 1. The van der Waals surface area contributed by atoms with Gasteiger partial charge in [0.1, 0.15) is 11.6 Å². The van der Waals surface area contributed by atoms with Crippen molar-refractivity contribution in [3.8, 4) is 0 Å². The number of halogens is 3. The number of aliphatic imine (C=N–C) groups is 1. The van der Waals surface area contributed by atoms with Crippen molar-refractivity contribution in [1.29, 1.82) is 0 Å². The van der Waals surface area contributed by atoms with Crippen molar-refractivity contribution < 1.29 is 8.78 Å². The first-order chi connectivity index (χ1) is 12.2. The molecule has 1 unspecified atom stereocenters. The molecule has 0 radical (unpaired) electrons. The number of nitrogens with one attached hydrogen (secondary N) is 2. The molecule has 0 amide bonds. The zero-order chi connectivity index (χ0) is 17.6. The van der Waals surface area contributed by atoms with Gasteiger partial charge in [0, 0.05) is 36.6 Å². The van der Waals surface area contributed by atoms with Crippen molar-refractivity contribution in [3.63, 3.8) is 0 Å². The van der Waals surface area contributed by atoms with E-state index in [1.165, 1.54) is 17.0 Å². The van der Waals surface area contributed by atoms with Crippen LogP contribution in [0.4, 0.5) is 14.5 Å². The fourth-order valence-corrected chi connectivity index (χ4v) is 3.54. The van der Waals surface area contributed by atoms with Crippen LogP contribution in [0.1, 0.15) is 18.2 Å². The molecule has 142 valence electrons. The molecule has 2 heterocycles. The highest BCUT2D eigenvalue weighted by atomic mass is 127. The number of rotatable bonds is 5. The number of guanidine groups is 1. The van der Waals surface area contributed by atoms with Crippen LogP contribution in [-0.4, -0.2) is 31.6 Å². The minimum absolute atomic E-state index is 0. The van der Waals surface area contributed by atoms with Gasteiger partial charge in [-0.25, -0.2) is 13.8 Å². The van der Waals surface area contributed by atoms with Crippen LogP contribution in [0.3, 0.4) is 0 Å². The molecule has 1 aromatic carbocycles. The maximum absolute atomic E-state index is 14.0. The molecule has 1 fully saturated rings. The predicted molar refractivity (Wildman–Crippen MR) is 115 cm³/mol. The van der Waals surface area contributed by atoms with Crippen LogP contribution in [0.2, 0.25) is 0 Å². The lowest BCUT2D eigenvalue weighted by molar-refractivity contribution is 0.580. The molecule has 0 spiro atoms. The molecule has 8 heteroatoms. The topological polar surface area (TPSA) is 39.7 Å².